The maximum Gasteiger partial charge on any atom is 0.251 e. The molecule has 1 atom stereocenters. The van der Waals surface area contributed by atoms with Crippen LogP contribution in [-0.2, 0) is 10.8 Å². The summed E-state index contributed by atoms with van der Waals surface area (Å²) in [6.45, 7) is 8.66. The fourth-order valence-electron chi connectivity index (χ4n) is 3.43. The highest BCUT2D eigenvalue weighted by atomic mass is 79.9. The minimum atomic E-state index is 0.0105. The summed E-state index contributed by atoms with van der Waals surface area (Å²) in [4.78, 5) is 12.7. The molecule has 1 fully saturated rings. The van der Waals surface area contributed by atoms with E-state index in [-0.39, 0.29) is 22.8 Å². The number of hydrogen-bond donors (Lipinski definition) is 1. The average molecular weight is 400 g/mol. The zero-order chi connectivity index (χ0) is 18.2. The molecule has 0 aliphatic heterocycles. The third kappa shape index (κ3) is 3.82. The van der Waals surface area contributed by atoms with Crippen LogP contribution in [0.5, 0.6) is 0 Å². The molecule has 0 spiro atoms. The molecule has 132 valence electrons. The highest BCUT2D eigenvalue weighted by molar-refractivity contribution is 9.10. The highest BCUT2D eigenvalue weighted by Gasteiger charge is 2.49. The number of carbonyl (C=O) groups is 1. The molecule has 1 N–H and O–H groups in total. The van der Waals surface area contributed by atoms with Gasteiger partial charge in [0.2, 0.25) is 0 Å². The number of halogens is 1. The Hall–Kier alpha value is -1.61. The van der Waals surface area contributed by atoms with Crippen LogP contribution in [-0.4, -0.2) is 11.9 Å². The lowest BCUT2D eigenvalue weighted by Crippen LogP contribution is -2.41. The second kappa shape index (κ2) is 6.60. The molecule has 25 heavy (non-hydrogen) atoms. The maximum absolute atomic E-state index is 12.7. The van der Waals surface area contributed by atoms with E-state index in [1.165, 1.54) is 11.1 Å². The molecule has 0 bridgehead atoms. The molecule has 1 aliphatic carbocycles. The molecule has 2 aromatic rings. The molecule has 2 nitrogen and oxygen atoms in total. The summed E-state index contributed by atoms with van der Waals surface area (Å²) in [5.41, 5.74) is 3.47. The first-order valence-electron chi connectivity index (χ1n) is 8.90. The van der Waals surface area contributed by atoms with Gasteiger partial charge in [-0.05, 0) is 60.6 Å². The largest absolute Gasteiger partial charge is 0.349 e. The molecule has 1 aliphatic rings. The second-order valence-corrected chi connectivity index (χ2v) is 9.10. The van der Waals surface area contributed by atoms with Crippen LogP contribution in [0.4, 0.5) is 0 Å². The normalized spacial score (nSPS) is 17.0. The van der Waals surface area contributed by atoms with Crippen molar-refractivity contribution in [3.8, 4) is 0 Å². The third-order valence-corrected chi connectivity index (χ3v) is 5.93. The van der Waals surface area contributed by atoms with Gasteiger partial charge in [-0.15, -0.1) is 0 Å². The summed E-state index contributed by atoms with van der Waals surface area (Å²) >= 11 is 3.49. The molecule has 0 radical (unpaired) electrons. The Labute approximate surface area is 159 Å². The fourth-order valence-corrected chi connectivity index (χ4v) is 3.69. The number of amides is 1. The van der Waals surface area contributed by atoms with Gasteiger partial charge in [-0.2, -0.15) is 0 Å². The summed E-state index contributed by atoms with van der Waals surface area (Å²) in [5, 5.41) is 3.22. The number of rotatable bonds is 4. The molecule has 0 saturated heterocycles. The van der Waals surface area contributed by atoms with Crippen molar-refractivity contribution < 1.29 is 4.79 Å². The van der Waals surface area contributed by atoms with Gasteiger partial charge in [-0.25, -0.2) is 0 Å². The van der Waals surface area contributed by atoms with Crippen molar-refractivity contribution in [2.45, 2.75) is 57.4 Å². The Morgan fingerprint density at radius 1 is 1.04 bits per heavy atom. The second-order valence-electron chi connectivity index (χ2n) is 8.19. The summed E-state index contributed by atoms with van der Waals surface area (Å²) in [6, 6.07) is 16.6. The highest BCUT2D eigenvalue weighted by Crippen LogP contribution is 2.51. The first kappa shape index (κ1) is 18.2. The van der Waals surface area contributed by atoms with Crippen LogP contribution in [0, 0.1) is 0 Å². The number of benzene rings is 2. The van der Waals surface area contributed by atoms with Gasteiger partial charge in [-0.3, -0.25) is 4.79 Å². The van der Waals surface area contributed by atoms with Crippen LogP contribution in [0.15, 0.2) is 53.0 Å². The van der Waals surface area contributed by atoms with Crippen molar-refractivity contribution in [3.63, 3.8) is 0 Å². The number of nitrogens with one attached hydrogen (secondary N) is 1. The van der Waals surface area contributed by atoms with Crippen LogP contribution in [0.1, 0.15) is 62.0 Å². The fraction of sp³-hybridized carbons (Fsp3) is 0.409. The zero-order valence-electron chi connectivity index (χ0n) is 15.4. The summed E-state index contributed by atoms with van der Waals surface area (Å²) < 4.78 is 1.09. The van der Waals surface area contributed by atoms with E-state index in [1.54, 1.807) is 0 Å². The van der Waals surface area contributed by atoms with Gasteiger partial charge in [0.05, 0.1) is 0 Å². The quantitative estimate of drug-likeness (QED) is 0.712. The molecule has 3 heteroatoms. The lowest BCUT2D eigenvalue weighted by molar-refractivity contribution is 0.0932. The summed E-state index contributed by atoms with van der Waals surface area (Å²) in [6.07, 6.45) is 2.25. The Balaban J connectivity index is 1.71. The van der Waals surface area contributed by atoms with Crippen LogP contribution in [0.2, 0.25) is 0 Å². The predicted molar refractivity (Wildman–Crippen MR) is 107 cm³/mol. The average Bonchev–Trinajstić information content (AvgIpc) is 3.36. The van der Waals surface area contributed by atoms with Crippen molar-refractivity contribution >= 4 is 21.8 Å². The molecule has 2 aromatic carbocycles. The molecule has 0 aromatic heterocycles. The molecule has 1 unspecified atom stereocenters. The smallest absolute Gasteiger partial charge is 0.251 e. The van der Waals surface area contributed by atoms with Crippen molar-refractivity contribution in [1.82, 2.24) is 5.32 Å². The molecule has 1 saturated carbocycles. The summed E-state index contributed by atoms with van der Waals surface area (Å²) in [7, 11) is 0. The number of hydrogen-bond acceptors (Lipinski definition) is 1. The minimum absolute atomic E-state index is 0.0105. The van der Waals surface area contributed by atoms with Gasteiger partial charge in [0.1, 0.15) is 0 Å². The van der Waals surface area contributed by atoms with Crippen LogP contribution in [0.3, 0.4) is 0 Å². The van der Waals surface area contributed by atoms with Crippen molar-refractivity contribution in [1.29, 1.82) is 0 Å². The van der Waals surface area contributed by atoms with Crippen LogP contribution in [0.25, 0.3) is 0 Å². The van der Waals surface area contributed by atoms with Crippen molar-refractivity contribution in [3.05, 3.63) is 69.7 Å². The van der Waals surface area contributed by atoms with Gasteiger partial charge in [0, 0.05) is 21.5 Å². The maximum atomic E-state index is 12.7. The summed E-state index contributed by atoms with van der Waals surface area (Å²) in [5.74, 6) is 0.0105. The standard InChI is InChI=1S/C22H26BrNO/c1-15(22(13-14-22)18-9-11-19(23)12-10-18)24-20(25)16-5-7-17(8-6-16)21(2,3)4/h5-12,15H,13-14H2,1-4H3,(H,24,25). The molecule has 3 rings (SSSR count). The van der Waals surface area contributed by atoms with E-state index in [4.69, 9.17) is 0 Å². The Kier molecular flexibility index (Phi) is 4.80. The molecular formula is C22H26BrNO. The lowest BCUT2D eigenvalue weighted by atomic mass is 9.86. The van der Waals surface area contributed by atoms with Gasteiger partial charge in [0.25, 0.3) is 5.91 Å². The van der Waals surface area contributed by atoms with E-state index in [0.29, 0.717) is 0 Å². The van der Waals surface area contributed by atoms with E-state index in [9.17, 15) is 4.79 Å². The molecular weight excluding hydrogens is 374 g/mol. The van der Waals surface area contributed by atoms with E-state index in [1.807, 2.05) is 12.1 Å². The van der Waals surface area contributed by atoms with Gasteiger partial charge in [0.15, 0.2) is 0 Å². The minimum Gasteiger partial charge on any atom is -0.349 e. The van der Waals surface area contributed by atoms with Crippen LogP contribution < -0.4 is 5.32 Å². The Morgan fingerprint density at radius 3 is 2.08 bits per heavy atom. The zero-order valence-corrected chi connectivity index (χ0v) is 17.0. The first-order valence-corrected chi connectivity index (χ1v) is 9.69. The van der Waals surface area contributed by atoms with Crippen molar-refractivity contribution in [2.24, 2.45) is 0 Å². The first-order chi connectivity index (χ1) is 11.7. The van der Waals surface area contributed by atoms with Gasteiger partial charge >= 0.3 is 0 Å². The van der Waals surface area contributed by atoms with E-state index in [0.717, 1.165) is 22.9 Å². The molecule has 1 amide bonds. The lowest BCUT2D eigenvalue weighted by Gasteiger charge is -2.25. The van der Waals surface area contributed by atoms with Crippen LogP contribution >= 0.6 is 15.9 Å². The Morgan fingerprint density at radius 2 is 1.60 bits per heavy atom. The van der Waals surface area contributed by atoms with Gasteiger partial charge < -0.3 is 5.32 Å². The molecule has 0 heterocycles. The van der Waals surface area contributed by atoms with Crippen molar-refractivity contribution in [2.75, 3.05) is 0 Å². The van der Waals surface area contributed by atoms with Gasteiger partial charge in [-0.1, -0.05) is 61.0 Å². The monoisotopic (exact) mass is 399 g/mol. The Bertz CT molecular complexity index is 752. The number of carbonyl (C=O) groups excluding carboxylic acids is 1. The van der Waals surface area contributed by atoms with E-state index >= 15 is 0 Å². The topological polar surface area (TPSA) is 29.1 Å². The predicted octanol–water partition coefficient (Wildman–Crippen LogP) is 5.60. The van der Waals surface area contributed by atoms with E-state index in [2.05, 4.69) is 85.3 Å². The van der Waals surface area contributed by atoms with E-state index < -0.39 is 0 Å². The third-order valence-electron chi connectivity index (χ3n) is 5.40. The SMILES string of the molecule is CC(NC(=O)c1ccc(C(C)(C)C)cc1)C1(c2ccc(Br)cc2)CC1.